The molecule has 1 atom stereocenters. The first-order valence-corrected chi connectivity index (χ1v) is 23.7. The molecule has 0 saturated carbocycles. The predicted molar refractivity (Wildman–Crippen MR) is 153 cm³/mol. The van der Waals surface area contributed by atoms with Gasteiger partial charge in [-0.25, -0.2) is 0 Å². The number of aliphatic hydroxyl groups is 1. The van der Waals surface area contributed by atoms with Gasteiger partial charge in [0, 0.05) is 0 Å². The summed E-state index contributed by atoms with van der Waals surface area (Å²) in [5.41, 5.74) is 0. The third-order valence-corrected chi connectivity index (χ3v) is 14.6. The van der Waals surface area contributed by atoms with Crippen molar-refractivity contribution in [3.05, 3.63) is 0 Å². The molecule has 0 spiro atoms. The molecule has 0 fully saturated rings. The molecular formula is C8H41N3O26P8. The number of aliphatic hydroxyl groups excluding tert-OH is 1. The molecule has 0 radical (unpaired) electrons. The van der Waals surface area contributed by atoms with Crippen LogP contribution in [0.5, 0.6) is 0 Å². The van der Waals surface area contributed by atoms with Crippen molar-refractivity contribution in [1.82, 2.24) is 18.5 Å². The number of hydrogen-bond donors (Lipinski definition) is 19. The van der Waals surface area contributed by atoms with Crippen molar-refractivity contribution in [2.75, 3.05) is 50.0 Å². The summed E-state index contributed by atoms with van der Waals surface area (Å²) in [6.45, 7) is -0.420. The second kappa shape index (κ2) is 25.0. The van der Waals surface area contributed by atoms with E-state index < -0.39 is 84.4 Å². The van der Waals surface area contributed by atoms with Crippen molar-refractivity contribution in [3.63, 3.8) is 0 Å². The van der Waals surface area contributed by atoms with Crippen LogP contribution in [-0.2, 0) is 45.8 Å². The Morgan fingerprint density at radius 3 is 0.733 bits per heavy atom. The normalized spacial score (nSPS) is 13.7. The molecule has 0 saturated heterocycles. The molecule has 0 heterocycles. The van der Waals surface area contributed by atoms with Gasteiger partial charge in [0.15, 0.2) is 23.6 Å². The summed E-state index contributed by atoms with van der Waals surface area (Å²) in [5, 5.41) is 8.31. The van der Waals surface area contributed by atoms with Gasteiger partial charge >= 0.3 is 60.8 Å². The number of ether oxygens (including phenoxy) is 1. The Hall–Kier alpha value is 1.000. The van der Waals surface area contributed by atoms with E-state index in [0.717, 1.165) is 0 Å². The minimum atomic E-state index is -4.57. The van der Waals surface area contributed by atoms with E-state index in [9.17, 15) is 36.5 Å². The van der Waals surface area contributed by atoms with Crippen molar-refractivity contribution in [3.8, 4) is 0 Å². The number of hydrogen-bond acceptors (Lipinski definition) is 14. The summed E-state index contributed by atoms with van der Waals surface area (Å²) >= 11 is 0. The molecule has 45 heavy (non-hydrogen) atoms. The first kappa shape index (κ1) is 61.2. The van der Waals surface area contributed by atoms with Crippen LogP contribution in [0.4, 0.5) is 0 Å². The van der Waals surface area contributed by atoms with E-state index in [0.29, 0.717) is 0 Å². The van der Waals surface area contributed by atoms with Gasteiger partial charge in [-0.05, 0) is 0 Å². The van der Waals surface area contributed by atoms with E-state index in [4.69, 9.17) is 83.2 Å². The maximum Gasteiger partial charge on any atom is 0.340 e. The van der Waals surface area contributed by atoms with E-state index in [2.05, 4.69) is 4.52 Å². The van der Waals surface area contributed by atoms with Crippen molar-refractivity contribution >= 4 is 60.8 Å². The minimum absolute atomic E-state index is 0. The zero-order valence-corrected chi connectivity index (χ0v) is 29.7. The average Bonchev–Trinajstić information content (AvgIpc) is 2.50. The smallest absolute Gasteiger partial charge is 0.340 e. The third kappa shape index (κ3) is 76.4. The fourth-order valence-electron chi connectivity index (χ4n) is 1.40. The van der Waals surface area contributed by atoms with Gasteiger partial charge in [0.1, 0.15) is 0 Å². The van der Waals surface area contributed by atoms with Crippen LogP contribution < -0.4 is 18.5 Å². The molecule has 0 rings (SSSR count). The Labute approximate surface area is 253 Å². The lowest BCUT2D eigenvalue weighted by atomic mass is 10.7. The maximum absolute atomic E-state index is 11.0. The van der Waals surface area contributed by atoms with Crippen LogP contribution in [0.3, 0.4) is 0 Å². The topological polar surface area (TPSA) is 584 Å². The van der Waals surface area contributed by atoms with Gasteiger partial charge in [-0.15, -0.1) is 0 Å². The molecule has 0 aliphatic carbocycles. The summed E-state index contributed by atoms with van der Waals surface area (Å²) < 4.78 is 89.6. The highest BCUT2D eigenvalue weighted by atomic mass is 31.3. The second-order valence-electron chi connectivity index (χ2n) is 7.03. The summed E-state index contributed by atoms with van der Waals surface area (Å²) in [6.07, 6.45) is 0. The third-order valence-electron chi connectivity index (χ3n) is 2.22. The fourth-order valence-corrected chi connectivity index (χ4v) is 9.71. The Balaban J connectivity index is -0.0000000861. The summed E-state index contributed by atoms with van der Waals surface area (Å²) in [7, 11) is -36.1. The predicted octanol–water partition coefficient (Wildman–Crippen LogP) is -2.28. The molecule has 0 aromatic carbocycles. The first-order chi connectivity index (χ1) is 17.9. The fraction of sp³-hybridized carbons (Fsp3) is 1.00. The Morgan fingerprint density at radius 1 is 0.356 bits per heavy atom. The average molecular weight is 843 g/mol. The highest BCUT2D eigenvalue weighted by molar-refractivity contribution is 7.71. The van der Waals surface area contributed by atoms with Gasteiger partial charge in [-0.3, -0.25) is 36.5 Å². The quantitative estimate of drug-likeness (QED) is 0.0646. The van der Waals surface area contributed by atoms with Gasteiger partial charge in [-0.2, -0.15) is 0 Å². The second-order valence-corrected chi connectivity index (χ2v) is 22.4. The summed E-state index contributed by atoms with van der Waals surface area (Å²) in [6, 6.07) is 0. The van der Waals surface area contributed by atoms with Gasteiger partial charge in [0.25, 0.3) is 0 Å². The van der Waals surface area contributed by atoms with Crippen molar-refractivity contribution in [2.45, 2.75) is 0 Å². The van der Waals surface area contributed by atoms with Gasteiger partial charge in [0.05, 0.1) is 26.4 Å². The molecule has 1 unspecified atom stereocenters. The summed E-state index contributed by atoms with van der Waals surface area (Å²) in [5.74, 6) is -5.33. The van der Waals surface area contributed by atoms with Crippen LogP contribution in [0.25, 0.3) is 0 Å². The van der Waals surface area contributed by atoms with Crippen LogP contribution in [0.1, 0.15) is 0 Å². The molecule has 0 aliphatic heterocycles. The molecule has 25 N–H and O–H groups in total. The maximum atomic E-state index is 11.0. The highest BCUT2D eigenvalue weighted by Gasteiger charge is 2.31. The van der Waals surface area contributed by atoms with Crippen molar-refractivity contribution in [1.29, 1.82) is 0 Å². The Bertz CT molecular complexity index is 991. The van der Waals surface area contributed by atoms with E-state index in [1.165, 1.54) is 0 Å². The van der Waals surface area contributed by atoms with E-state index in [-0.39, 0.29) is 44.9 Å². The monoisotopic (exact) mass is 843 g/mol. The van der Waals surface area contributed by atoms with E-state index in [1.54, 1.807) is 0 Å². The van der Waals surface area contributed by atoms with Crippen LogP contribution in [0, 0.1) is 0 Å². The van der Waals surface area contributed by atoms with Crippen molar-refractivity contribution in [2.24, 2.45) is 0 Å². The highest BCUT2D eigenvalue weighted by Crippen LogP contribution is 2.55. The SMILES string of the molecule is N.N.N.O=P(O)(O)CP(=O)(O)O.O=P(O)(O)CP(=O)(O)O.O=P(O)(O)CP(=O)(O)O.O=P(O)(O)CP(=O)(O)OCCOCCO. The number of rotatable bonds is 14. The lowest BCUT2D eigenvalue weighted by molar-refractivity contribution is 0.0679. The lowest BCUT2D eigenvalue weighted by Gasteiger charge is -2.12. The standard InChI is InChI=1S/C5H14O8P2.3CH6O6P2.3H3N/c6-1-2-12-3-4-13-15(10,11)5-14(7,8)9;3*2-8(3,4)1-9(5,6)7;;;/h6H,1-5H2,(H,10,11)(H2,7,8,9);3*1H2,(H2,2,3,4)(H2,5,6,7);3*1H3. The van der Waals surface area contributed by atoms with Crippen LogP contribution >= 0.6 is 60.8 Å². The van der Waals surface area contributed by atoms with Gasteiger partial charge < -0.3 is 106 Å². The van der Waals surface area contributed by atoms with Crippen LogP contribution in [-0.4, -0.2) is 129 Å². The summed E-state index contributed by atoms with van der Waals surface area (Å²) in [4.78, 5) is 121. The molecule has 0 aromatic rings. The van der Waals surface area contributed by atoms with Crippen LogP contribution in [0.2, 0.25) is 0 Å². The molecule has 0 bridgehead atoms. The van der Waals surface area contributed by atoms with Gasteiger partial charge in [0.2, 0.25) is 0 Å². The lowest BCUT2D eigenvalue weighted by Crippen LogP contribution is -2.07. The largest absolute Gasteiger partial charge is 0.394 e. The van der Waals surface area contributed by atoms with E-state index >= 15 is 0 Å². The first-order valence-electron chi connectivity index (χ1n) is 9.36. The molecular weight excluding hydrogens is 802 g/mol. The minimum Gasteiger partial charge on any atom is -0.394 e. The zero-order chi connectivity index (χ0) is 35.1. The van der Waals surface area contributed by atoms with E-state index in [1.807, 2.05) is 0 Å². The van der Waals surface area contributed by atoms with Crippen LogP contribution in [0.15, 0.2) is 0 Å². The van der Waals surface area contributed by atoms with Crippen molar-refractivity contribution < 1.29 is 124 Å². The zero-order valence-electron chi connectivity index (χ0n) is 22.6. The Morgan fingerprint density at radius 2 is 0.578 bits per heavy atom. The molecule has 284 valence electrons. The van der Waals surface area contributed by atoms with Gasteiger partial charge in [-0.1, -0.05) is 0 Å². The Kier molecular flexibility index (Phi) is 34.1. The molecule has 0 aromatic heterocycles. The molecule has 0 aliphatic rings. The molecule has 0 amide bonds. The molecule has 37 heteroatoms. The molecule has 29 nitrogen and oxygen atoms in total.